The van der Waals surface area contributed by atoms with E-state index >= 15 is 0 Å². The third kappa shape index (κ3) is 4.50. The molecular weight excluding hydrogens is 352 g/mol. The zero-order valence-electron chi connectivity index (χ0n) is 14.2. The Balaban J connectivity index is 1.68. The number of nitrogens with two attached hydrogens (primary N) is 1. The molecule has 0 saturated heterocycles. The van der Waals surface area contributed by atoms with Crippen molar-refractivity contribution < 1.29 is 4.79 Å². The smallest absolute Gasteiger partial charge is 0.276 e. The number of thiazole rings is 2. The lowest BCUT2D eigenvalue weighted by Gasteiger charge is -2.00. The Kier molecular flexibility index (Phi) is 5.57. The van der Waals surface area contributed by atoms with E-state index in [1.807, 2.05) is 6.92 Å². The van der Waals surface area contributed by atoms with Crippen LogP contribution in [0.3, 0.4) is 0 Å². The molecule has 0 fully saturated rings. The molecule has 3 rings (SSSR count). The third-order valence-electron chi connectivity index (χ3n) is 3.74. The molecule has 0 aliphatic rings. The summed E-state index contributed by atoms with van der Waals surface area (Å²) in [6.07, 6.45) is 1.51. The van der Waals surface area contributed by atoms with E-state index in [0.717, 1.165) is 22.0 Å². The Hall–Kier alpha value is -2.09. The largest absolute Gasteiger partial charge is 0.330 e. The molecule has 0 aliphatic carbocycles. The second kappa shape index (κ2) is 7.86. The molecule has 0 bridgehead atoms. The van der Waals surface area contributed by atoms with Crippen LogP contribution < -0.4 is 11.1 Å². The second-order valence-corrected chi connectivity index (χ2v) is 7.84. The van der Waals surface area contributed by atoms with E-state index in [2.05, 4.69) is 46.5 Å². The van der Waals surface area contributed by atoms with Crippen molar-refractivity contribution in [3.8, 4) is 0 Å². The molecule has 0 saturated carbocycles. The number of nitrogens with one attached hydrogen (secondary N) is 1. The molecule has 7 heteroatoms. The van der Waals surface area contributed by atoms with Gasteiger partial charge in [-0.25, -0.2) is 9.97 Å². The fourth-order valence-electron chi connectivity index (χ4n) is 2.35. The van der Waals surface area contributed by atoms with Crippen molar-refractivity contribution in [3.05, 3.63) is 62.0 Å². The van der Waals surface area contributed by atoms with E-state index < -0.39 is 0 Å². The number of aryl methyl sites for hydroxylation is 2. The molecule has 1 aromatic carbocycles. The summed E-state index contributed by atoms with van der Waals surface area (Å²) in [5.41, 5.74) is 9.37. The summed E-state index contributed by atoms with van der Waals surface area (Å²) in [6.45, 7) is 4.58. The van der Waals surface area contributed by atoms with E-state index in [0.29, 0.717) is 23.8 Å². The molecule has 2 heterocycles. The zero-order valence-corrected chi connectivity index (χ0v) is 15.8. The van der Waals surface area contributed by atoms with Gasteiger partial charge in [0.2, 0.25) is 0 Å². The molecule has 130 valence electrons. The molecule has 2 aromatic heterocycles. The van der Waals surface area contributed by atoms with Gasteiger partial charge in [-0.1, -0.05) is 29.8 Å². The summed E-state index contributed by atoms with van der Waals surface area (Å²) in [5.74, 6) is -0.227. The number of carbonyl (C=O) groups excluding carboxylic acids is 1. The fraction of sp³-hybridized carbons (Fsp3) is 0.278. The fourth-order valence-corrected chi connectivity index (χ4v) is 4.14. The molecule has 3 aromatic rings. The van der Waals surface area contributed by atoms with Gasteiger partial charge in [-0.2, -0.15) is 0 Å². The molecule has 0 aliphatic heterocycles. The topological polar surface area (TPSA) is 80.9 Å². The van der Waals surface area contributed by atoms with Crippen molar-refractivity contribution in [2.75, 3.05) is 11.9 Å². The van der Waals surface area contributed by atoms with Gasteiger partial charge in [0.15, 0.2) is 5.13 Å². The average molecular weight is 373 g/mol. The Labute approximate surface area is 155 Å². The molecule has 0 radical (unpaired) electrons. The van der Waals surface area contributed by atoms with E-state index in [9.17, 15) is 4.79 Å². The van der Waals surface area contributed by atoms with Crippen molar-refractivity contribution in [2.24, 2.45) is 5.73 Å². The first-order valence-corrected chi connectivity index (χ1v) is 9.72. The van der Waals surface area contributed by atoms with Crippen LogP contribution in [0.25, 0.3) is 0 Å². The third-order valence-corrected chi connectivity index (χ3v) is 5.72. The molecule has 0 atom stereocenters. The molecule has 1 amide bonds. The number of rotatable bonds is 6. The summed E-state index contributed by atoms with van der Waals surface area (Å²) >= 11 is 2.97. The first-order chi connectivity index (χ1) is 12.0. The maximum atomic E-state index is 12.3. The minimum absolute atomic E-state index is 0.227. The molecule has 0 spiro atoms. The highest BCUT2D eigenvalue weighted by Gasteiger charge is 2.14. The van der Waals surface area contributed by atoms with Crippen LogP contribution in [0.15, 0.2) is 29.6 Å². The van der Waals surface area contributed by atoms with Gasteiger partial charge in [-0.3, -0.25) is 10.1 Å². The van der Waals surface area contributed by atoms with Crippen molar-refractivity contribution in [3.63, 3.8) is 0 Å². The number of benzene rings is 1. The summed E-state index contributed by atoms with van der Waals surface area (Å²) in [4.78, 5) is 22.3. The Morgan fingerprint density at radius 2 is 1.96 bits per heavy atom. The van der Waals surface area contributed by atoms with Gasteiger partial charge in [0.25, 0.3) is 5.91 Å². The van der Waals surface area contributed by atoms with Crippen molar-refractivity contribution in [1.29, 1.82) is 0 Å². The van der Waals surface area contributed by atoms with Crippen LogP contribution >= 0.6 is 22.7 Å². The standard InChI is InChI=1S/C18H20N4OS2/c1-11-3-5-13(6-4-11)9-15-12(2)20-18(25-15)22-17(23)14-10-24-16(21-14)7-8-19/h3-6,10H,7-9,19H2,1-2H3,(H,20,22,23). The molecule has 0 unspecified atom stereocenters. The van der Waals surface area contributed by atoms with E-state index in [1.54, 1.807) is 5.38 Å². The first-order valence-electron chi connectivity index (χ1n) is 8.03. The lowest BCUT2D eigenvalue weighted by Crippen LogP contribution is -2.12. The van der Waals surface area contributed by atoms with Crippen LogP contribution in [0.4, 0.5) is 5.13 Å². The van der Waals surface area contributed by atoms with Crippen LogP contribution in [0.5, 0.6) is 0 Å². The van der Waals surface area contributed by atoms with E-state index in [4.69, 9.17) is 5.73 Å². The zero-order chi connectivity index (χ0) is 17.8. The van der Waals surface area contributed by atoms with Crippen molar-refractivity contribution in [2.45, 2.75) is 26.7 Å². The van der Waals surface area contributed by atoms with Gasteiger partial charge in [0.1, 0.15) is 5.69 Å². The van der Waals surface area contributed by atoms with Crippen LogP contribution in [0.2, 0.25) is 0 Å². The number of aromatic nitrogens is 2. The van der Waals surface area contributed by atoms with Crippen LogP contribution in [-0.2, 0) is 12.8 Å². The average Bonchev–Trinajstić information content (AvgIpc) is 3.17. The summed E-state index contributed by atoms with van der Waals surface area (Å²) < 4.78 is 0. The van der Waals surface area contributed by atoms with E-state index in [-0.39, 0.29) is 5.91 Å². The Bertz CT molecular complexity index is 868. The maximum Gasteiger partial charge on any atom is 0.276 e. The SMILES string of the molecule is Cc1ccc(Cc2sc(NC(=O)c3csc(CCN)n3)nc2C)cc1. The van der Waals surface area contributed by atoms with Gasteiger partial charge >= 0.3 is 0 Å². The van der Waals surface area contributed by atoms with Gasteiger partial charge < -0.3 is 5.73 Å². The Morgan fingerprint density at radius 3 is 2.68 bits per heavy atom. The molecule has 3 N–H and O–H groups in total. The van der Waals surface area contributed by atoms with Gasteiger partial charge in [-0.05, 0) is 26.0 Å². The van der Waals surface area contributed by atoms with Crippen molar-refractivity contribution >= 4 is 33.7 Å². The monoisotopic (exact) mass is 372 g/mol. The lowest BCUT2D eigenvalue weighted by atomic mass is 10.1. The Morgan fingerprint density at radius 1 is 1.20 bits per heavy atom. The number of amides is 1. The highest BCUT2D eigenvalue weighted by molar-refractivity contribution is 7.16. The van der Waals surface area contributed by atoms with Gasteiger partial charge in [0.05, 0.1) is 10.7 Å². The number of nitrogens with zero attached hydrogens (tertiary/aromatic N) is 2. The molecule has 5 nitrogen and oxygen atoms in total. The lowest BCUT2D eigenvalue weighted by molar-refractivity contribution is 0.102. The van der Waals surface area contributed by atoms with E-state index in [1.165, 1.54) is 33.8 Å². The van der Waals surface area contributed by atoms with Gasteiger partial charge in [0, 0.05) is 23.1 Å². The van der Waals surface area contributed by atoms with Crippen LogP contribution in [-0.4, -0.2) is 22.4 Å². The number of hydrogen-bond donors (Lipinski definition) is 2. The quantitative estimate of drug-likeness (QED) is 0.693. The number of anilines is 1. The van der Waals surface area contributed by atoms with Crippen molar-refractivity contribution in [1.82, 2.24) is 9.97 Å². The minimum Gasteiger partial charge on any atom is -0.330 e. The van der Waals surface area contributed by atoms with Gasteiger partial charge in [-0.15, -0.1) is 22.7 Å². The number of carbonyl (C=O) groups is 1. The minimum atomic E-state index is -0.227. The number of hydrogen-bond acceptors (Lipinski definition) is 6. The predicted octanol–water partition coefficient (Wildman–Crippen LogP) is 3.56. The first kappa shape index (κ1) is 17.7. The molecule has 25 heavy (non-hydrogen) atoms. The summed E-state index contributed by atoms with van der Waals surface area (Å²) in [7, 11) is 0. The maximum absolute atomic E-state index is 12.3. The summed E-state index contributed by atoms with van der Waals surface area (Å²) in [6, 6.07) is 8.47. The highest BCUT2D eigenvalue weighted by atomic mass is 32.1. The molecular formula is C18H20N4OS2. The van der Waals surface area contributed by atoms with Crippen LogP contribution in [0.1, 0.15) is 37.2 Å². The highest BCUT2D eigenvalue weighted by Crippen LogP contribution is 2.26. The summed E-state index contributed by atoms with van der Waals surface area (Å²) in [5, 5.41) is 6.10. The second-order valence-electron chi connectivity index (χ2n) is 5.81. The predicted molar refractivity (Wildman–Crippen MR) is 104 cm³/mol. The normalized spacial score (nSPS) is 10.8. The van der Waals surface area contributed by atoms with Crippen LogP contribution in [0, 0.1) is 13.8 Å².